The van der Waals surface area contributed by atoms with Crippen LogP contribution < -0.4 is 0 Å². The highest BCUT2D eigenvalue weighted by Gasteiger charge is 2.04. The molecule has 0 saturated heterocycles. The number of esters is 1. The zero-order chi connectivity index (χ0) is 17.9. The van der Waals surface area contributed by atoms with E-state index in [1.165, 1.54) is 64.9 Å². The fourth-order valence-corrected chi connectivity index (χ4v) is 3.12. The Bertz CT molecular complexity index is 266. The molecule has 1 atom stereocenters. The molecule has 0 heterocycles. The van der Waals surface area contributed by atoms with E-state index in [1.807, 2.05) is 0 Å². The summed E-state index contributed by atoms with van der Waals surface area (Å²) >= 11 is 0. The van der Waals surface area contributed by atoms with E-state index >= 15 is 0 Å². The average molecular weight is 343 g/mol. The highest BCUT2D eigenvalue weighted by atomic mass is 16.5. The second-order valence-corrected chi connectivity index (χ2v) is 7.15. The lowest BCUT2D eigenvalue weighted by Crippen LogP contribution is -2.06. The van der Waals surface area contributed by atoms with Gasteiger partial charge in [0.05, 0.1) is 13.2 Å². The summed E-state index contributed by atoms with van der Waals surface area (Å²) in [5.74, 6) is -0.105. The Balaban J connectivity index is 3.18. The van der Waals surface area contributed by atoms with Crippen molar-refractivity contribution in [3.63, 3.8) is 0 Å². The Kier molecular flexibility index (Phi) is 18.3. The molecule has 24 heavy (non-hydrogen) atoms. The van der Waals surface area contributed by atoms with Gasteiger partial charge in [-0.25, -0.2) is 0 Å². The van der Waals surface area contributed by atoms with Crippen molar-refractivity contribution in [3.05, 3.63) is 0 Å². The highest BCUT2D eigenvalue weighted by molar-refractivity contribution is 5.68. The number of ether oxygens (including phenoxy) is 1. The van der Waals surface area contributed by atoms with Crippen LogP contribution in [0, 0.1) is 0 Å². The summed E-state index contributed by atoms with van der Waals surface area (Å²) in [6, 6.07) is 0. The first-order chi connectivity index (χ1) is 11.7. The van der Waals surface area contributed by atoms with Crippen LogP contribution in [0.5, 0.6) is 0 Å². The third-order valence-electron chi connectivity index (χ3n) is 4.79. The van der Waals surface area contributed by atoms with Gasteiger partial charge in [-0.3, -0.25) is 4.79 Å². The third-order valence-corrected chi connectivity index (χ3v) is 4.79. The molecule has 0 aliphatic rings. The molecule has 0 radical (unpaired) electrons. The van der Waals surface area contributed by atoms with Crippen molar-refractivity contribution in [2.75, 3.05) is 7.11 Å². The molecule has 0 aliphatic heterocycles. The van der Waals surface area contributed by atoms with Crippen LogP contribution in [0.15, 0.2) is 0 Å². The van der Waals surface area contributed by atoms with Crippen molar-refractivity contribution in [2.45, 2.75) is 122 Å². The molecular formula is C21H42O3. The van der Waals surface area contributed by atoms with Gasteiger partial charge in [-0.1, -0.05) is 90.4 Å². The van der Waals surface area contributed by atoms with Crippen LogP contribution in [0.25, 0.3) is 0 Å². The summed E-state index contributed by atoms with van der Waals surface area (Å²) < 4.78 is 4.62. The Hall–Kier alpha value is -0.570. The van der Waals surface area contributed by atoms with Crippen molar-refractivity contribution < 1.29 is 14.6 Å². The molecule has 3 heteroatoms. The molecule has 0 spiro atoms. The molecule has 3 nitrogen and oxygen atoms in total. The van der Waals surface area contributed by atoms with E-state index in [0.717, 1.165) is 44.9 Å². The molecule has 0 saturated carbocycles. The van der Waals surface area contributed by atoms with Crippen LogP contribution in [0.2, 0.25) is 0 Å². The monoisotopic (exact) mass is 342 g/mol. The Morgan fingerprint density at radius 3 is 1.62 bits per heavy atom. The first-order valence-electron chi connectivity index (χ1n) is 10.5. The molecule has 0 aromatic carbocycles. The SMILES string of the molecule is CCCCCCCCCCCC(O)CCCCCCCC(=O)OC. The summed E-state index contributed by atoms with van der Waals surface area (Å²) in [4.78, 5) is 11.0. The van der Waals surface area contributed by atoms with E-state index in [-0.39, 0.29) is 12.1 Å². The molecule has 144 valence electrons. The zero-order valence-corrected chi connectivity index (χ0v) is 16.4. The molecule has 1 unspecified atom stereocenters. The van der Waals surface area contributed by atoms with Crippen LogP contribution in [0.3, 0.4) is 0 Å². The summed E-state index contributed by atoms with van der Waals surface area (Å²) in [7, 11) is 1.44. The molecule has 0 fully saturated rings. The third kappa shape index (κ3) is 17.8. The van der Waals surface area contributed by atoms with Crippen molar-refractivity contribution >= 4 is 5.97 Å². The lowest BCUT2D eigenvalue weighted by atomic mass is 10.0. The van der Waals surface area contributed by atoms with Crippen LogP contribution in [0.1, 0.15) is 116 Å². The summed E-state index contributed by atoms with van der Waals surface area (Å²) in [6.45, 7) is 2.26. The van der Waals surface area contributed by atoms with Gasteiger partial charge in [-0.05, 0) is 19.3 Å². The van der Waals surface area contributed by atoms with E-state index < -0.39 is 0 Å². The molecular weight excluding hydrogens is 300 g/mol. The van der Waals surface area contributed by atoms with Crippen LogP contribution in [-0.2, 0) is 9.53 Å². The zero-order valence-electron chi connectivity index (χ0n) is 16.4. The number of aliphatic hydroxyl groups is 1. The van der Waals surface area contributed by atoms with Crippen LogP contribution >= 0.6 is 0 Å². The van der Waals surface area contributed by atoms with Crippen LogP contribution in [0.4, 0.5) is 0 Å². The minimum Gasteiger partial charge on any atom is -0.469 e. The van der Waals surface area contributed by atoms with Crippen molar-refractivity contribution in [3.8, 4) is 0 Å². The minimum atomic E-state index is -0.107. The maximum absolute atomic E-state index is 11.0. The second kappa shape index (κ2) is 18.8. The first-order valence-corrected chi connectivity index (χ1v) is 10.5. The minimum absolute atomic E-state index is 0.105. The summed E-state index contributed by atoms with van der Waals surface area (Å²) in [5, 5.41) is 10.00. The topological polar surface area (TPSA) is 46.5 Å². The molecule has 0 amide bonds. The number of hydrogen-bond donors (Lipinski definition) is 1. The summed E-state index contributed by atoms with van der Waals surface area (Å²) in [5.41, 5.74) is 0. The molecule has 0 aromatic heterocycles. The van der Waals surface area contributed by atoms with Gasteiger partial charge in [0.1, 0.15) is 0 Å². The van der Waals surface area contributed by atoms with Crippen LogP contribution in [-0.4, -0.2) is 24.3 Å². The summed E-state index contributed by atoms with van der Waals surface area (Å²) in [6.07, 6.45) is 19.8. The molecule has 0 aliphatic carbocycles. The van der Waals surface area contributed by atoms with Gasteiger partial charge in [0, 0.05) is 6.42 Å². The van der Waals surface area contributed by atoms with Gasteiger partial charge in [-0.2, -0.15) is 0 Å². The maximum atomic E-state index is 11.0. The lowest BCUT2D eigenvalue weighted by Gasteiger charge is -2.10. The number of unbranched alkanes of at least 4 members (excludes halogenated alkanes) is 12. The van der Waals surface area contributed by atoms with Gasteiger partial charge < -0.3 is 9.84 Å². The number of carbonyl (C=O) groups excluding carboxylic acids is 1. The first kappa shape index (κ1) is 23.4. The Morgan fingerprint density at radius 2 is 1.17 bits per heavy atom. The predicted octanol–water partition coefficient (Wildman–Crippen LogP) is 6.17. The molecule has 1 N–H and O–H groups in total. The normalized spacial score (nSPS) is 12.3. The van der Waals surface area contributed by atoms with Gasteiger partial charge >= 0.3 is 5.97 Å². The fraction of sp³-hybridized carbons (Fsp3) is 0.952. The van der Waals surface area contributed by atoms with Gasteiger partial charge in [0.2, 0.25) is 0 Å². The van der Waals surface area contributed by atoms with Gasteiger partial charge in [0.25, 0.3) is 0 Å². The van der Waals surface area contributed by atoms with E-state index in [1.54, 1.807) is 0 Å². The quantitative estimate of drug-likeness (QED) is 0.239. The molecule has 0 bridgehead atoms. The largest absolute Gasteiger partial charge is 0.469 e. The standard InChI is InChI=1S/C21H42O3/c1-3-4-5-6-7-8-9-11-14-17-20(22)18-15-12-10-13-16-19-21(23)24-2/h20,22H,3-19H2,1-2H3. The number of hydrogen-bond acceptors (Lipinski definition) is 3. The maximum Gasteiger partial charge on any atom is 0.305 e. The molecule has 0 aromatic rings. The lowest BCUT2D eigenvalue weighted by molar-refractivity contribution is -0.140. The Labute approximate surface area is 150 Å². The molecule has 0 rings (SSSR count). The average Bonchev–Trinajstić information content (AvgIpc) is 2.59. The Morgan fingerprint density at radius 1 is 0.750 bits per heavy atom. The number of methoxy groups -OCH3 is 1. The number of rotatable bonds is 18. The van der Waals surface area contributed by atoms with E-state index in [2.05, 4.69) is 11.7 Å². The highest BCUT2D eigenvalue weighted by Crippen LogP contribution is 2.14. The van der Waals surface area contributed by atoms with Crippen molar-refractivity contribution in [1.82, 2.24) is 0 Å². The number of aliphatic hydroxyl groups excluding tert-OH is 1. The van der Waals surface area contributed by atoms with Crippen molar-refractivity contribution in [1.29, 1.82) is 0 Å². The van der Waals surface area contributed by atoms with E-state index in [4.69, 9.17) is 0 Å². The smallest absolute Gasteiger partial charge is 0.305 e. The predicted molar refractivity (Wildman–Crippen MR) is 102 cm³/mol. The van der Waals surface area contributed by atoms with E-state index in [9.17, 15) is 9.90 Å². The number of carbonyl (C=O) groups is 1. The van der Waals surface area contributed by atoms with Gasteiger partial charge in [0.15, 0.2) is 0 Å². The van der Waals surface area contributed by atoms with Crippen molar-refractivity contribution in [2.24, 2.45) is 0 Å². The fourth-order valence-electron chi connectivity index (χ4n) is 3.12. The van der Waals surface area contributed by atoms with Gasteiger partial charge in [-0.15, -0.1) is 0 Å². The van der Waals surface area contributed by atoms with E-state index in [0.29, 0.717) is 6.42 Å². The second-order valence-electron chi connectivity index (χ2n) is 7.15.